The maximum Gasteiger partial charge on any atom is 0.119 e. The van der Waals surface area contributed by atoms with Crippen molar-refractivity contribution in [3.63, 3.8) is 0 Å². The van der Waals surface area contributed by atoms with Gasteiger partial charge in [0.25, 0.3) is 0 Å². The summed E-state index contributed by atoms with van der Waals surface area (Å²) in [5.41, 5.74) is 1.28. The number of ether oxygens (including phenoxy) is 1. The van der Waals surface area contributed by atoms with Gasteiger partial charge in [0.15, 0.2) is 0 Å². The number of rotatable bonds is 6. The molecule has 18 heavy (non-hydrogen) atoms. The van der Waals surface area contributed by atoms with E-state index >= 15 is 0 Å². The van der Waals surface area contributed by atoms with Gasteiger partial charge in [-0.1, -0.05) is 19.1 Å². The molecule has 0 saturated heterocycles. The van der Waals surface area contributed by atoms with Crippen LogP contribution in [-0.4, -0.2) is 27.4 Å². The van der Waals surface area contributed by atoms with E-state index in [2.05, 4.69) is 11.9 Å². The summed E-state index contributed by atoms with van der Waals surface area (Å²) in [5.74, 6) is 0.789. The summed E-state index contributed by atoms with van der Waals surface area (Å²) < 4.78 is 7.36. The van der Waals surface area contributed by atoms with Crippen LogP contribution in [0.4, 0.5) is 0 Å². The molecule has 96 valence electrons. The lowest BCUT2D eigenvalue weighted by molar-refractivity contribution is 0.0924. The molecule has 2 rings (SSSR count). The molecule has 0 aliphatic carbocycles. The number of imidazole rings is 1. The highest BCUT2D eigenvalue weighted by molar-refractivity contribution is 5.27. The second kappa shape index (κ2) is 6.21. The molecular weight excluding hydrogens is 228 g/mol. The third-order valence-electron chi connectivity index (χ3n) is 2.75. The summed E-state index contributed by atoms with van der Waals surface area (Å²) in [7, 11) is 0. The number of benzene rings is 1. The molecule has 1 unspecified atom stereocenters. The molecule has 0 radical (unpaired) electrons. The highest BCUT2D eigenvalue weighted by Gasteiger charge is 2.06. The standard InChI is InChI=1S/C14H18N2O2/c1-2-12-3-5-14(6-4-12)18-10-13(17)9-16-8-7-15-11-16/h3-8,11,13,17H,2,9-10H2,1H3. The Morgan fingerprint density at radius 3 is 2.72 bits per heavy atom. The maximum absolute atomic E-state index is 9.81. The van der Waals surface area contributed by atoms with Crippen LogP contribution >= 0.6 is 0 Å². The fraction of sp³-hybridized carbons (Fsp3) is 0.357. The van der Waals surface area contributed by atoms with E-state index in [0.29, 0.717) is 6.54 Å². The molecule has 0 bridgehead atoms. The van der Waals surface area contributed by atoms with Crippen molar-refractivity contribution in [2.45, 2.75) is 26.0 Å². The van der Waals surface area contributed by atoms with Gasteiger partial charge in [-0.2, -0.15) is 0 Å². The van der Waals surface area contributed by atoms with Gasteiger partial charge >= 0.3 is 0 Å². The first-order chi connectivity index (χ1) is 8.78. The maximum atomic E-state index is 9.81. The van der Waals surface area contributed by atoms with E-state index in [1.807, 2.05) is 35.0 Å². The number of aromatic nitrogens is 2. The van der Waals surface area contributed by atoms with Gasteiger partial charge in [-0.3, -0.25) is 0 Å². The Kier molecular flexibility index (Phi) is 4.36. The number of hydrogen-bond acceptors (Lipinski definition) is 3. The second-order valence-electron chi connectivity index (χ2n) is 4.22. The third kappa shape index (κ3) is 3.60. The lowest BCUT2D eigenvalue weighted by atomic mass is 10.2. The van der Waals surface area contributed by atoms with Crippen LogP contribution in [0.3, 0.4) is 0 Å². The van der Waals surface area contributed by atoms with E-state index in [9.17, 15) is 5.11 Å². The molecule has 2 aromatic rings. The average Bonchev–Trinajstić information content (AvgIpc) is 2.90. The molecule has 1 aromatic heterocycles. The molecule has 4 nitrogen and oxygen atoms in total. The zero-order valence-corrected chi connectivity index (χ0v) is 10.5. The Hall–Kier alpha value is -1.81. The predicted molar refractivity (Wildman–Crippen MR) is 69.5 cm³/mol. The minimum atomic E-state index is -0.537. The van der Waals surface area contributed by atoms with Crippen molar-refractivity contribution in [1.82, 2.24) is 9.55 Å². The van der Waals surface area contributed by atoms with Crippen molar-refractivity contribution < 1.29 is 9.84 Å². The first kappa shape index (κ1) is 12.6. The van der Waals surface area contributed by atoms with E-state index in [1.165, 1.54) is 5.56 Å². The lowest BCUT2D eigenvalue weighted by Crippen LogP contribution is -2.22. The van der Waals surface area contributed by atoms with E-state index in [0.717, 1.165) is 12.2 Å². The predicted octanol–water partition coefficient (Wildman–Crippen LogP) is 1.89. The zero-order chi connectivity index (χ0) is 12.8. The summed E-state index contributed by atoms with van der Waals surface area (Å²) in [6.45, 7) is 2.89. The monoisotopic (exact) mass is 246 g/mol. The first-order valence-electron chi connectivity index (χ1n) is 6.13. The largest absolute Gasteiger partial charge is 0.491 e. The minimum Gasteiger partial charge on any atom is -0.491 e. The highest BCUT2D eigenvalue weighted by atomic mass is 16.5. The Morgan fingerprint density at radius 1 is 1.33 bits per heavy atom. The van der Waals surface area contributed by atoms with E-state index in [4.69, 9.17) is 4.74 Å². The Labute approximate surface area is 107 Å². The summed E-state index contributed by atoms with van der Waals surface area (Å²) in [5, 5.41) is 9.81. The zero-order valence-electron chi connectivity index (χ0n) is 10.5. The van der Waals surface area contributed by atoms with Gasteiger partial charge in [-0.25, -0.2) is 4.98 Å². The minimum absolute atomic E-state index is 0.281. The molecule has 0 fully saturated rings. The van der Waals surface area contributed by atoms with Crippen molar-refractivity contribution in [2.75, 3.05) is 6.61 Å². The van der Waals surface area contributed by atoms with Gasteiger partial charge in [0.2, 0.25) is 0 Å². The average molecular weight is 246 g/mol. The smallest absolute Gasteiger partial charge is 0.119 e. The molecule has 1 aromatic carbocycles. The van der Waals surface area contributed by atoms with Crippen LogP contribution in [-0.2, 0) is 13.0 Å². The summed E-state index contributed by atoms with van der Waals surface area (Å²) >= 11 is 0. The molecule has 0 amide bonds. The van der Waals surface area contributed by atoms with Gasteiger partial charge in [-0.05, 0) is 24.1 Å². The van der Waals surface area contributed by atoms with Crippen LogP contribution in [0.25, 0.3) is 0 Å². The van der Waals surface area contributed by atoms with Crippen LogP contribution in [0.2, 0.25) is 0 Å². The van der Waals surface area contributed by atoms with E-state index in [-0.39, 0.29) is 6.61 Å². The molecule has 0 spiro atoms. The number of aliphatic hydroxyl groups is 1. The van der Waals surface area contributed by atoms with Crippen molar-refractivity contribution in [1.29, 1.82) is 0 Å². The lowest BCUT2D eigenvalue weighted by Gasteiger charge is -2.13. The van der Waals surface area contributed by atoms with Crippen molar-refractivity contribution in [3.8, 4) is 5.75 Å². The van der Waals surface area contributed by atoms with Crippen molar-refractivity contribution >= 4 is 0 Å². The Morgan fingerprint density at radius 2 is 2.11 bits per heavy atom. The fourth-order valence-electron chi connectivity index (χ4n) is 1.70. The van der Waals surface area contributed by atoms with Crippen molar-refractivity contribution in [2.24, 2.45) is 0 Å². The Balaban J connectivity index is 1.79. The third-order valence-corrected chi connectivity index (χ3v) is 2.75. The number of aliphatic hydroxyl groups excluding tert-OH is 1. The molecule has 4 heteroatoms. The molecule has 0 saturated carbocycles. The number of aryl methyl sites for hydroxylation is 1. The Bertz CT molecular complexity index is 451. The molecule has 0 aliphatic rings. The van der Waals surface area contributed by atoms with Crippen LogP contribution < -0.4 is 4.74 Å². The van der Waals surface area contributed by atoms with Gasteiger partial charge in [-0.15, -0.1) is 0 Å². The van der Waals surface area contributed by atoms with Crippen LogP contribution in [0.15, 0.2) is 43.0 Å². The molecule has 1 atom stereocenters. The van der Waals surface area contributed by atoms with Gasteiger partial charge in [0.1, 0.15) is 18.5 Å². The molecule has 1 N–H and O–H groups in total. The van der Waals surface area contributed by atoms with Crippen LogP contribution in [0, 0.1) is 0 Å². The first-order valence-corrected chi connectivity index (χ1v) is 6.13. The molecule has 0 aliphatic heterocycles. The van der Waals surface area contributed by atoms with Crippen LogP contribution in [0.5, 0.6) is 5.75 Å². The van der Waals surface area contributed by atoms with Gasteiger partial charge < -0.3 is 14.4 Å². The SMILES string of the molecule is CCc1ccc(OCC(O)Cn2ccnc2)cc1. The quantitative estimate of drug-likeness (QED) is 0.846. The van der Waals surface area contributed by atoms with E-state index in [1.54, 1.807) is 12.5 Å². The summed E-state index contributed by atoms with van der Waals surface area (Å²) in [4.78, 5) is 3.92. The number of nitrogens with zero attached hydrogens (tertiary/aromatic N) is 2. The van der Waals surface area contributed by atoms with Gasteiger partial charge in [0.05, 0.1) is 12.9 Å². The summed E-state index contributed by atoms with van der Waals surface area (Å²) in [6, 6.07) is 7.95. The fourth-order valence-corrected chi connectivity index (χ4v) is 1.70. The van der Waals surface area contributed by atoms with E-state index < -0.39 is 6.10 Å². The highest BCUT2D eigenvalue weighted by Crippen LogP contribution is 2.12. The normalized spacial score (nSPS) is 12.3. The molecular formula is C14H18N2O2. The summed E-state index contributed by atoms with van der Waals surface area (Å²) in [6.07, 6.45) is 5.67. The van der Waals surface area contributed by atoms with Crippen molar-refractivity contribution in [3.05, 3.63) is 48.5 Å². The van der Waals surface area contributed by atoms with Gasteiger partial charge in [0, 0.05) is 12.4 Å². The molecule has 1 heterocycles. The second-order valence-corrected chi connectivity index (χ2v) is 4.22. The number of hydrogen-bond donors (Lipinski definition) is 1. The van der Waals surface area contributed by atoms with Crippen LogP contribution in [0.1, 0.15) is 12.5 Å². The topological polar surface area (TPSA) is 47.3 Å².